The van der Waals surface area contributed by atoms with E-state index in [-0.39, 0.29) is 22.2 Å². The lowest BCUT2D eigenvalue weighted by Gasteiger charge is -2.18. The summed E-state index contributed by atoms with van der Waals surface area (Å²) in [6.45, 7) is 10.1. The van der Waals surface area contributed by atoms with Crippen LogP contribution in [0.4, 0.5) is 18.9 Å². The van der Waals surface area contributed by atoms with E-state index in [9.17, 15) is 13.2 Å². The second-order valence-electron chi connectivity index (χ2n) is 9.02. The molecule has 0 radical (unpaired) electrons. The number of hydrogen-bond donors (Lipinski definition) is 2. The van der Waals surface area contributed by atoms with E-state index in [2.05, 4.69) is 59.1 Å². The minimum atomic E-state index is -4.68. The van der Waals surface area contributed by atoms with Crippen molar-refractivity contribution >= 4 is 45.4 Å². The van der Waals surface area contributed by atoms with Crippen LogP contribution in [0.3, 0.4) is 0 Å². The second kappa shape index (κ2) is 15.4. The number of nitrogens with one attached hydrogen (secondary N) is 1. The van der Waals surface area contributed by atoms with Gasteiger partial charge in [-0.25, -0.2) is 9.67 Å². The maximum absolute atomic E-state index is 13.7. The minimum Gasteiger partial charge on any atom is -0.353 e. The van der Waals surface area contributed by atoms with Crippen molar-refractivity contribution in [2.24, 2.45) is 5.73 Å². The second-order valence-corrected chi connectivity index (χ2v) is 9.81. The standard InChI is InChI=1S/C30H23Cl2F3N4.C2H4.CH5N/c1-19(25-18-26(30(33,34)35)38-39(25)29-24(31)15-8-16-36-29)37-28-22(13-7-11-20-9-3-2-4-10-20)17-21-12-5-6-14-23(21)27(28)32;2*1-2/h2-6,8-10,12,14-18,37H,1,7,11,13H2;1-2H2;2H2,1H3. The molecule has 3 aromatic carbocycles. The fourth-order valence-corrected chi connectivity index (χ4v) is 5.00. The summed E-state index contributed by atoms with van der Waals surface area (Å²) in [6.07, 6.45) is -0.842. The molecule has 0 bridgehead atoms. The predicted octanol–water partition coefficient (Wildman–Crippen LogP) is 9.38. The maximum atomic E-state index is 13.7. The molecule has 0 aliphatic carbocycles. The lowest BCUT2D eigenvalue weighted by atomic mass is 9.98. The molecule has 3 N–H and O–H groups in total. The Morgan fingerprint density at radius 2 is 1.60 bits per heavy atom. The van der Waals surface area contributed by atoms with Gasteiger partial charge >= 0.3 is 6.18 Å². The van der Waals surface area contributed by atoms with Gasteiger partial charge in [-0.15, -0.1) is 13.2 Å². The zero-order valence-corrected chi connectivity index (χ0v) is 25.1. The van der Waals surface area contributed by atoms with Crippen LogP contribution in [0.15, 0.2) is 105 Å². The largest absolute Gasteiger partial charge is 0.435 e. The molecule has 2 aromatic heterocycles. The van der Waals surface area contributed by atoms with Crippen molar-refractivity contribution in [3.63, 3.8) is 0 Å². The monoisotopic (exact) mass is 625 g/mol. The van der Waals surface area contributed by atoms with Crippen LogP contribution in [0.5, 0.6) is 0 Å². The average molecular weight is 627 g/mol. The van der Waals surface area contributed by atoms with Crippen molar-refractivity contribution in [1.82, 2.24) is 14.8 Å². The Balaban J connectivity index is 0.00000121. The topological polar surface area (TPSA) is 68.8 Å². The Hall–Kier alpha value is -4.11. The fraction of sp³-hybridized carbons (Fsp3) is 0.152. The predicted molar refractivity (Wildman–Crippen MR) is 173 cm³/mol. The van der Waals surface area contributed by atoms with E-state index in [1.54, 1.807) is 6.07 Å². The maximum Gasteiger partial charge on any atom is 0.435 e. The van der Waals surface area contributed by atoms with Gasteiger partial charge < -0.3 is 11.1 Å². The molecule has 0 saturated heterocycles. The van der Waals surface area contributed by atoms with E-state index in [0.717, 1.165) is 39.9 Å². The van der Waals surface area contributed by atoms with Crippen molar-refractivity contribution in [3.05, 3.63) is 137 Å². The molecule has 0 spiro atoms. The van der Waals surface area contributed by atoms with Crippen LogP contribution < -0.4 is 11.1 Å². The molecule has 0 amide bonds. The van der Waals surface area contributed by atoms with Gasteiger partial charge in [-0.2, -0.15) is 18.3 Å². The summed E-state index contributed by atoms with van der Waals surface area (Å²) in [5, 5.41) is 9.36. The van der Waals surface area contributed by atoms with Crippen LogP contribution in [-0.4, -0.2) is 21.8 Å². The number of pyridine rings is 1. The third-order valence-electron chi connectivity index (χ3n) is 6.35. The molecule has 5 aromatic rings. The van der Waals surface area contributed by atoms with E-state index in [1.165, 1.54) is 24.9 Å². The van der Waals surface area contributed by atoms with Crippen LogP contribution in [0, 0.1) is 0 Å². The number of nitrogens with zero attached hydrogens (tertiary/aromatic N) is 3. The molecule has 5 nitrogen and oxygen atoms in total. The Bertz CT molecular complexity index is 1670. The molecule has 0 aliphatic heterocycles. The summed E-state index contributed by atoms with van der Waals surface area (Å²) < 4.78 is 42.1. The summed E-state index contributed by atoms with van der Waals surface area (Å²) >= 11 is 13.2. The van der Waals surface area contributed by atoms with Gasteiger partial charge in [0.15, 0.2) is 11.5 Å². The van der Waals surface area contributed by atoms with Gasteiger partial charge in [-0.1, -0.05) is 84.4 Å². The van der Waals surface area contributed by atoms with Crippen molar-refractivity contribution in [3.8, 4) is 5.82 Å². The van der Waals surface area contributed by atoms with Gasteiger partial charge in [0, 0.05) is 11.6 Å². The molecule has 0 fully saturated rings. The van der Waals surface area contributed by atoms with Crippen LogP contribution in [0.25, 0.3) is 22.3 Å². The van der Waals surface area contributed by atoms with Gasteiger partial charge in [0.1, 0.15) is 0 Å². The smallest absolute Gasteiger partial charge is 0.353 e. The first-order valence-corrected chi connectivity index (χ1v) is 14.0. The quantitative estimate of drug-likeness (QED) is 0.169. The van der Waals surface area contributed by atoms with Crippen molar-refractivity contribution < 1.29 is 13.2 Å². The van der Waals surface area contributed by atoms with E-state index in [0.29, 0.717) is 17.1 Å². The molecule has 0 atom stereocenters. The van der Waals surface area contributed by atoms with Crippen LogP contribution in [0.1, 0.15) is 28.9 Å². The van der Waals surface area contributed by atoms with Gasteiger partial charge in [-0.3, -0.25) is 0 Å². The highest BCUT2D eigenvalue weighted by molar-refractivity contribution is 6.38. The lowest BCUT2D eigenvalue weighted by molar-refractivity contribution is -0.141. The SMILES string of the molecule is C=C.C=C(Nc1c(CCCc2ccccc2)cc2ccccc2c1Cl)c1cc(C(F)(F)F)nn1-c1ncccc1Cl.CN. The summed E-state index contributed by atoms with van der Waals surface area (Å²) in [5.41, 5.74) is 6.37. The van der Waals surface area contributed by atoms with E-state index < -0.39 is 11.9 Å². The van der Waals surface area contributed by atoms with Gasteiger partial charge in [-0.05, 0) is 67.1 Å². The Labute approximate surface area is 259 Å². The Morgan fingerprint density at radius 3 is 2.28 bits per heavy atom. The zero-order valence-electron chi connectivity index (χ0n) is 23.6. The highest BCUT2D eigenvalue weighted by Crippen LogP contribution is 2.38. The molecule has 10 heteroatoms. The summed E-state index contributed by atoms with van der Waals surface area (Å²) in [7, 11) is 1.50. The van der Waals surface area contributed by atoms with Crippen molar-refractivity contribution in [2.75, 3.05) is 12.4 Å². The lowest BCUT2D eigenvalue weighted by Crippen LogP contribution is -2.10. The number of hydrogen-bond acceptors (Lipinski definition) is 4. The first-order valence-electron chi connectivity index (χ1n) is 13.3. The van der Waals surface area contributed by atoms with E-state index in [4.69, 9.17) is 23.2 Å². The Morgan fingerprint density at radius 1 is 0.930 bits per heavy atom. The van der Waals surface area contributed by atoms with Gasteiger partial charge in [0.05, 0.1) is 27.1 Å². The molecule has 0 aliphatic rings. The molecule has 0 unspecified atom stereocenters. The summed E-state index contributed by atoms with van der Waals surface area (Å²) in [5.74, 6) is 0.0558. The summed E-state index contributed by atoms with van der Waals surface area (Å²) in [6, 6.07) is 23.9. The number of alkyl halides is 3. The van der Waals surface area contributed by atoms with Crippen LogP contribution in [-0.2, 0) is 19.0 Å². The number of nitrogens with two attached hydrogens (primary N) is 1. The third kappa shape index (κ3) is 8.04. The number of benzene rings is 3. The number of anilines is 1. The van der Waals surface area contributed by atoms with Gasteiger partial charge in [0.2, 0.25) is 0 Å². The molecular formula is C33H32Cl2F3N5. The van der Waals surface area contributed by atoms with Crippen molar-refractivity contribution in [2.45, 2.75) is 25.4 Å². The molecule has 0 saturated carbocycles. The first-order chi connectivity index (χ1) is 20.7. The van der Waals surface area contributed by atoms with Gasteiger partial charge in [0.25, 0.3) is 0 Å². The fourth-order valence-electron chi connectivity index (χ4n) is 4.46. The van der Waals surface area contributed by atoms with Crippen LogP contribution >= 0.6 is 23.2 Å². The summed E-state index contributed by atoms with van der Waals surface area (Å²) in [4.78, 5) is 4.15. The average Bonchev–Trinajstić information content (AvgIpc) is 3.48. The van der Waals surface area contributed by atoms with E-state index >= 15 is 0 Å². The van der Waals surface area contributed by atoms with Crippen LogP contribution in [0.2, 0.25) is 10.0 Å². The third-order valence-corrected chi connectivity index (χ3v) is 7.03. The molecular weight excluding hydrogens is 594 g/mol. The number of aromatic nitrogens is 3. The highest BCUT2D eigenvalue weighted by Gasteiger charge is 2.36. The van der Waals surface area contributed by atoms with Crippen molar-refractivity contribution in [1.29, 1.82) is 0 Å². The highest BCUT2D eigenvalue weighted by atomic mass is 35.5. The molecule has 2 heterocycles. The number of rotatable bonds is 8. The minimum absolute atomic E-state index is 0.0558. The Kier molecular flexibility index (Phi) is 11.9. The zero-order chi connectivity index (χ0) is 31.6. The molecule has 5 rings (SSSR count). The normalized spacial score (nSPS) is 10.8. The number of halogens is 5. The number of fused-ring (bicyclic) bond motifs is 1. The first kappa shape index (κ1) is 33.4. The number of aryl methyl sites for hydroxylation is 2. The molecule has 224 valence electrons. The molecule has 43 heavy (non-hydrogen) atoms. The van der Waals surface area contributed by atoms with E-state index in [1.807, 2.05) is 42.5 Å².